The number of thiophene rings is 1. The molecule has 0 amide bonds. The second-order valence-corrected chi connectivity index (χ2v) is 5.64. The van der Waals surface area contributed by atoms with Crippen molar-refractivity contribution in [3.05, 3.63) is 39.3 Å². The van der Waals surface area contributed by atoms with Gasteiger partial charge in [0.2, 0.25) is 0 Å². The van der Waals surface area contributed by atoms with E-state index < -0.39 is 0 Å². The third-order valence-electron chi connectivity index (χ3n) is 3.10. The highest BCUT2D eigenvalue weighted by Gasteiger charge is 2.20. The summed E-state index contributed by atoms with van der Waals surface area (Å²) in [5.74, 6) is 0. The number of hydrogen-bond donors (Lipinski definition) is 1. The Hall–Kier alpha value is -1.13. The van der Waals surface area contributed by atoms with Gasteiger partial charge in [-0.05, 0) is 49.9 Å². The number of aromatic nitrogens is 2. The molecule has 0 aliphatic heterocycles. The fraction of sp³-hybridized carbons (Fsp3) is 0.500. The van der Waals surface area contributed by atoms with Gasteiger partial charge < -0.3 is 5.32 Å². The van der Waals surface area contributed by atoms with Gasteiger partial charge >= 0.3 is 0 Å². The first kappa shape index (κ1) is 13.3. The van der Waals surface area contributed by atoms with Gasteiger partial charge in [0.1, 0.15) is 0 Å². The molecule has 2 rings (SSSR count). The highest BCUT2D eigenvalue weighted by Crippen LogP contribution is 2.29. The average Bonchev–Trinajstić information content (AvgIpc) is 2.87. The summed E-state index contributed by atoms with van der Waals surface area (Å²) in [7, 11) is 2.02. The lowest BCUT2D eigenvalue weighted by Crippen LogP contribution is -2.25. The third-order valence-corrected chi connectivity index (χ3v) is 4.18. The van der Waals surface area contributed by atoms with Gasteiger partial charge in [-0.2, -0.15) is 5.10 Å². The lowest BCUT2D eigenvalue weighted by Gasteiger charge is -2.18. The summed E-state index contributed by atoms with van der Waals surface area (Å²) in [6.45, 7) is 7.43. The molecule has 2 aromatic heterocycles. The zero-order valence-electron chi connectivity index (χ0n) is 11.5. The van der Waals surface area contributed by atoms with Crippen molar-refractivity contribution in [2.45, 2.75) is 33.2 Å². The fourth-order valence-corrected chi connectivity index (χ4v) is 3.21. The highest BCUT2D eigenvalue weighted by molar-refractivity contribution is 7.10. The van der Waals surface area contributed by atoms with E-state index in [1.54, 1.807) is 0 Å². The number of rotatable bonds is 5. The van der Waals surface area contributed by atoms with Crippen molar-refractivity contribution in [1.29, 1.82) is 0 Å². The molecule has 0 bridgehead atoms. The molecule has 1 unspecified atom stereocenters. The van der Waals surface area contributed by atoms with E-state index in [2.05, 4.69) is 41.8 Å². The Morgan fingerprint density at radius 1 is 1.44 bits per heavy atom. The van der Waals surface area contributed by atoms with Crippen LogP contribution in [0.5, 0.6) is 0 Å². The van der Waals surface area contributed by atoms with Crippen LogP contribution in [0.1, 0.15) is 41.2 Å². The molecule has 0 saturated heterocycles. The summed E-state index contributed by atoms with van der Waals surface area (Å²) in [5.41, 5.74) is 3.67. The van der Waals surface area contributed by atoms with Crippen LogP contribution in [0.2, 0.25) is 0 Å². The van der Waals surface area contributed by atoms with E-state index in [1.165, 1.54) is 16.1 Å². The van der Waals surface area contributed by atoms with Crippen LogP contribution in [0.25, 0.3) is 0 Å². The summed E-state index contributed by atoms with van der Waals surface area (Å²) >= 11 is 1.82. The van der Waals surface area contributed by atoms with Crippen LogP contribution in [-0.2, 0) is 7.05 Å². The van der Waals surface area contributed by atoms with Crippen LogP contribution in [0.15, 0.2) is 17.5 Å². The van der Waals surface area contributed by atoms with Crippen molar-refractivity contribution in [1.82, 2.24) is 15.1 Å². The number of nitrogens with one attached hydrogen (secondary N) is 1. The van der Waals surface area contributed by atoms with Crippen molar-refractivity contribution in [2.24, 2.45) is 7.05 Å². The van der Waals surface area contributed by atoms with E-state index in [-0.39, 0.29) is 6.04 Å². The SMILES string of the molecule is CCCNC(c1sccc1C)c1cc(C)nn1C. The standard InChI is InChI=1S/C14H21N3S/c1-5-7-15-13(14-10(2)6-8-18-14)12-9-11(3)16-17(12)4/h6,8-9,13,15H,5,7H2,1-4H3. The van der Waals surface area contributed by atoms with Crippen LogP contribution in [-0.4, -0.2) is 16.3 Å². The van der Waals surface area contributed by atoms with Crippen LogP contribution in [0.3, 0.4) is 0 Å². The van der Waals surface area contributed by atoms with Crippen LogP contribution < -0.4 is 5.32 Å². The van der Waals surface area contributed by atoms with Gasteiger partial charge in [0.25, 0.3) is 0 Å². The largest absolute Gasteiger partial charge is 0.304 e. The first-order valence-corrected chi connectivity index (χ1v) is 7.29. The molecule has 0 fully saturated rings. The van der Waals surface area contributed by atoms with Crippen molar-refractivity contribution in [3.8, 4) is 0 Å². The van der Waals surface area contributed by atoms with E-state index in [1.807, 2.05) is 30.0 Å². The molecule has 0 radical (unpaired) electrons. The maximum Gasteiger partial charge on any atom is 0.0844 e. The Morgan fingerprint density at radius 3 is 2.72 bits per heavy atom. The molecule has 3 nitrogen and oxygen atoms in total. The molecule has 4 heteroatoms. The molecule has 0 aliphatic rings. The van der Waals surface area contributed by atoms with E-state index in [0.29, 0.717) is 0 Å². The monoisotopic (exact) mass is 263 g/mol. The van der Waals surface area contributed by atoms with E-state index >= 15 is 0 Å². The summed E-state index contributed by atoms with van der Waals surface area (Å²) in [4.78, 5) is 1.39. The Kier molecular flexibility index (Phi) is 4.19. The molecule has 2 heterocycles. The van der Waals surface area contributed by atoms with Gasteiger partial charge in [0, 0.05) is 11.9 Å². The quantitative estimate of drug-likeness (QED) is 0.898. The Morgan fingerprint density at radius 2 is 2.22 bits per heavy atom. The first-order chi connectivity index (χ1) is 8.63. The first-order valence-electron chi connectivity index (χ1n) is 6.41. The Bertz CT molecular complexity index is 513. The molecule has 18 heavy (non-hydrogen) atoms. The molecule has 1 atom stereocenters. The Balaban J connectivity index is 2.37. The van der Waals surface area contributed by atoms with E-state index in [9.17, 15) is 0 Å². The topological polar surface area (TPSA) is 29.9 Å². The summed E-state index contributed by atoms with van der Waals surface area (Å²) in [5, 5.41) is 10.3. The molecule has 0 spiro atoms. The predicted octanol–water partition coefficient (Wildman–Crippen LogP) is 3.19. The lowest BCUT2D eigenvalue weighted by atomic mass is 10.1. The van der Waals surface area contributed by atoms with Crippen LogP contribution >= 0.6 is 11.3 Å². The predicted molar refractivity (Wildman–Crippen MR) is 77.1 cm³/mol. The van der Waals surface area contributed by atoms with E-state index in [4.69, 9.17) is 0 Å². The van der Waals surface area contributed by atoms with Crippen LogP contribution in [0.4, 0.5) is 0 Å². The van der Waals surface area contributed by atoms with Gasteiger partial charge in [-0.1, -0.05) is 6.92 Å². The smallest absolute Gasteiger partial charge is 0.0844 e. The Labute approximate surface area is 113 Å². The maximum absolute atomic E-state index is 4.46. The van der Waals surface area contributed by atoms with Crippen molar-refractivity contribution >= 4 is 11.3 Å². The van der Waals surface area contributed by atoms with Crippen molar-refractivity contribution in [3.63, 3.8) is 0 Å². The molecule has 0 saturated carbocycles. The number of nitrogens with zero attached hydrogens (tertiary/aromatic N) is 2. The average molecular weight is 263 g/mol. The van der Waals surface area contributed by atoms with Gasteiger partial charge in [0.05, 0.1) is 17.4 Å². The van der Waals surface area contributed by atoms with Gasteiger partial charge in [0.15, 0.2) is 0 Å². The molecular formula is C14H21N3S. The molecule has 0 aliphatic carbocycles. The minimum absolute atomic E-state index is 0.260. The van der Waals surface area contributed by atoms with Gasteiger partial charge in [-0.15, -0.1) is 11.3 Å². The van der Waals surface area contributed by atoms with Crippen LogP contribution in [0, 0.1) is 13.8 Å². The zero-order valence-corrected chi connectivity index (χ0v) is 12.3. The molecule has 2 aromatic rings. The highest BCUT2D eigenvalue weighted by atomic mass is 32.1. The third kappa shape index (κ3) is 2.65. The summed E-state index contributed by atoms with van der Waals surface area (Å²) in [6.07, 6.45) is 1.14. The fourth-order valence-electron chi connectivity index (χ4n) is 2.20. The second kappa shape index (κ2) is 5.67. The number of hydrogen-bond acceptors (Lipinski definition) is 3. The summed E-state index contributed by atoms with van der Waals surface area (Å²) in [6, 6.07) is 4.62. The molecule has 0 aromatic carbocycles. The van der Waals surface area contributed by atoms with E-state index in [0.717, 1.165) is 18.7 Å². The minimum Gasteiger partial charge on any atom is -0.304 e. The molecule has 98 valence electrons. The lowest BCUT2D eigenvalue weighted by molar-refractivity contribution is 0.557. The van der Waals surface area contributed by atoms with Gasteiger partial charge in [-0.3, -0.25) is 4.68 Å². The molecular weight excluding hydrogens is 242 g/mol. The second-order valence-electron chi connectivity index (χ2n) is 4.69. The summed E-state index contributed by atoms with van der Waals surface area (Å²) < 4.78 is 1.99. The maximum atomic E-state index is 4.46. The van der Waals surface area contributed by atoms with Crippen molar-refractivity contribution in [2.75, 3.05) is 6.54 Å². The zero-order chi connectivity index (χ0) is 13.1. The van der Waals surface area contributed by atoms with Gasteiger partial charge in [-0.25, -0.2) is 0 Å². The molecule has 1 N–H and O–H groups in total. The minimum atomic E-state index is 0.260. The normalized spacial score (nSPS) is 12.9. The number of aryl methyl sites for hydroxylation is 3. The van der Waals surface area contributed by atoms with Crippen molar-refractivity contribution < 1.29 is 0 Å².